The fourth-order valence-electron chi connectivity index (χ4n) is 3.73. The number of halogens is 5. The third kappa shape index (κ3) is 4.17. The van der Waals surface area contributed by atoms with Gasteiger partial charge in [0.25, 0.3) is 0 Å². The second-order valence-corrected chi connectivity index (χ2v) is 10.5. The Morgan fingerprint density at radius 3 is 1.15 bits per heavy atom. The molecule has 33 heavy (non-hydrogen) atoms. The van der Waals surface area contributed by atoms with Crippen molar-refractivity contribution in [1.82, 2.24) is 0 Å². The highest BCUT2D eigenvalue weighted by atomic mass is 31.2. The van der Waals surface area contributed by atoms with Crippen LogP contribution in [0.25, 0.3) is 6.08 Å². The van der Waals surface area contributed by atoms with Crippen LogP contribution < -0.4 is 15.9 Å². The van der Waals surface area contributed by atoms with E-state index in [1.807, 2.05) is 96.8 Å². The van der Waals surface area contributed by atoms with E-state index in [9.17, 15) is 22.0 Å². The topological polar surface area (TPSA) is 0 Å². The van der Waals surface area contributed by atoms with Crippen LogP contribution in [0.1, 0.15) is 5.56 Å². The summed E-state index contributed by atoms with van der Waals surface area (Å²) in [5, 5.41) is 2.93. The summed E-state index contributed by atoms with van der Waals surface area (Å²) >= 11 is 0. The smallest absolute Gasteiger partial charge is 0.200 e. The van der Waals surface area contributed by atoms with Crippen molar-refractivity contribution in [2.45, 2.75) is 0 Å². The first-order chi connectivity index (χ1) is 16.0. The molecule has 0 aliphatic carbocycles. The Morgan fingerprint density at radius 2 is 0.788 bits per heavy atom. The number of hydrogen-bond donors (Lipinski definition) is 0. The molecule has 0 aromatic heterocycles. The van der Waals surface area contributed by atoms with Crippen molar-refractivity contribution in [3.63, 3.8) is 0 Å². The molecular weight excluding hydrogens is 450 g/mol. The van der Waals surface area contributed by atoms with Crippen LogP contribution in [0, 0.1) is 29.1 Å². The van der Waals surface area contributed by atoms with Gasteiger partial charge >= 0.3 is 0 Å². The quantitative estimate of drug-likeness (QED) is 0.142. The second kappa shape index (κ2) is 9.60. The Kier molecular flexibility index (Phi) is 6.62. The molecule has 0 saturated heterocycles. The molecule has 0 N–H and O–H groups in total. The summed E-state index contributed by atoms with van der Waals surface area (Å²) in [6.07, 6.45) is 2.30. The summed E-state index contributed by atoms with van der Waals surface area (Å²) in [7, 11) is 0. The number of benzene rings is 4. The van der Waals surface area contributed by atoms with Crippen LogP contribution in [0.3, 0.4) is 0 Å². The molecule has 4 rings (SSSR count). The van der Waals surface area contributed by atoms with E-state index in [0.717, 1.165) is 22.0 Å². The Morgan fingerprint density at radius 1 is 0.455 bits per heavy atom. The highest BCUT2D eigenvalue weighted by Crippen LogP contribution is 2.43. The van der Waals surface area contributed by atoms with Crippen LogP contribution in [0.5, 0.6) is 0 Å². The van der Waals surface area contributed by atoms with E-state index in [4.69, 9.17) is 0 Å². The van der Waals surface area contributed by atoms with Crippen LogP contribution in [-0.2, 0) is 0 Å². The van der Waals surface area contributed by atoms with Gasteiger partial charge in [0.2, 0.25) is 5.82 Å². The molecule has 0 heterocycles. The number of allylic oxidation sites excluding steroid dienone is 1. The zero-order valence-electron chi connectivity index (χ0n) is 17.2. The first-order valence-electron chi connectivity index (χ1n) is 10.1. The maximum atomic E-state index is 14.2. The SMILES string of the molecule is Fc1c(F)c(F)c(/C=C/C=P(c2ccccc2)(c2ccccc2)c2ccccc2)c(F)c1F. The summed E-state index contributed by atoms with van der Waals surface area (Å²) in [5.74, 6) is -8.03. The lowest BCUT2D eigenvalue weighted by atomic mass is 10.1. The molecule has 6 heteroatoms. The van der Waals surface area contributed by atoms with Crippen molar-refractivity contribution in [2.24, 2.45) is 0 Å². The third-order valence-electron chi connectivity index (χ3n) is 5.31. The fourth-order valence-corrected chi connectivity index (χ4v) is 7.41. The summed E-state index contributed by atoms with van der Waals surface area (Å²) in [6.45, 7) is -2.47. The molecule has 0 aliphatic rings. The Hall–Kier alpha value is -3.43. The van der Waals surface area contributed by atoms with Crippen molar-refractivity contribution in [1.29, 1.82) is 0 Å². The summed E-state index contributed by atoms with van der Waals surface area (Å²) < 4.78 is 69.2. The average Bonchev–Trinajstić information content (AvgIpc) is 2.88. The van der Waals surface area contributed by atoms with Gasteiger partial charge in [0, 0.05) is 0 Å². The molecule has 0 bridgehead atoms. The Labute approximate surface area is 188 Å². The molecule has 0 aliphatic heterocycles. The van der Waals surface area contributed by atoms with Gasteiger partial charge in [-0.1, -0.05) is 103 Å². The predicted molar refractivity (Wildman–Crippen MR) is 126 cm³/mol. The van der Waals surface area contributed by atoms with Gasteiger partial charge in [0.05, 0.1) is 5.56 Å². The molecule has 0 spiro atoms. The summed E-state index contributed by atoms with van der Waals surface area (Å²) in [5.41, 5.74) is -0.977. The second-order valence-electron chi connectivity index (χ2n) is 7.22. The van der Waals surface area contributed by atoms with Crippen molar-refractivity contribution < 1.29 is 22.0 Å². The van der Waals surface area contributed by atoms with Gasteiger partial charge in [-0.3, -0.25) is 0 Å². The van der Waals surface area contributed by atoms with E-state index in [1.54, 1.807) is 0 Å². The van der Waals surface area contributed by atoms with E-state index < -0.39 is 41.5 Å². The zero-order valence-corrected chi connectivity index (χ0v) is 18.1. The molecule has 0 radical (unpaired) electrons. The van der Waals surface area contributed by atoms with Crippen LogP contribution in [0.15, 0.2) is 97.1 Å². The molecule has 0 unspecified atom stereocenters. The van der Waals surface area contributed by atoms with Gasteiger partial charge in [-0.25, -0.2) is 22.0 Å². The standard InChI is InChI=1S/C27H18F5P/c28-23-22(24(29)26(31)27(32)25(23)30)17-10-18-33(19-11-4-1-5-12-19,20-13-6-2-7-14-20)21-15-8-3-9-16-21/h1-18H/b17-10+. The fraction of sp³-hybridized carbons (Fsp3) is 0. The minimum Gasteiger partial charge on any atom is -0.203 e. The van der Waals surface area contributed by atoms with Crippen LogP contribution in [-0.4, -0.2) is 5.80 Å². The van der Waals surface area contributed by atoms with Crippen molar-refractivity contribution in [3.05, 3.63) is 132 Å². The largest absolute Gasteiger partial charge is 0.203 e. The summed E-state index contributed by atoms with van der Waals surface area (Å²) in [4.78, 5) is 0. The Bertz CT molecular complexity index is 1220. The monoisotopic (exact) mass is 468 g/mol. The van der Waals surface area contributed by atoms with Crippen molar-refractivity contribution in [3.8, 4) is 0 Å². The molecule has 4 aromatic rings. The lowest BCUT2D eigenvalue weighted by Gasteiger charge is -2.28. The van der Waals surface area contributed by atoms with Crippen LogP contribution >= 0.6 is 6.89 Å². The van der Waals surface area contributed by atoms with E-state index >= 15 is 0 Å². The molecule has 0 saturated carbocycles. The number of rotatable bonds is 5. The third-order valence-corrected chi connectivity index (χ3v) is 9.26. The van der Waals surface area contributed by atoms with Gasteiger partial charge < -0.3 is 0 Å². The summed E-state index contributed by atoms with van der Waals surface area (Å²) in [6, 6.07) is 28.9. The zero-order chi connectivity index (χ0) is 23.4. The molecule has 0 amide bonds. The molecule has 0 fully saturated rings. The highest BCUT2D eigenvalue weighted by molar-refractivity contribution is 7.94. The lowest BCUT2D eigenvalue weighted by Crippen LogP contribution is -2.26. The van der Waals surface area contributed by atoms with Gasteiger partial charge in [-0.05, 0) is 28.9 Å². The predicted octanol–water partition coefficient (Wildman–Crippen LogP) is 6.19. The Balaban J connectivity index is 2.01. The first kappa shape index (κ1) is 22.8. The normalized spacial score (nSPS) is 11.7. The molecule has 4 aromatic carbocycles. The van der Waals surface area contributed by atoms with E-state index in [2.05, 4.69) is 0 Å². The van der Waals surface area contributed by atoms with Gasteiger partial charge in [-0.2, -0.15) is 0 Å². The lowest BCUT2D eigenvalue weighted by molar-refractivity contribution is 0.377. The minimum atomic E-state index is -2.47. The van der Waals surface area contributed by atoms with E-state index in [0.29, 0.717) is 0 Å². The average molecular weight is 468 g/mol. The molecule has 166 valence electrons. The first-order valence-corrected chi connectivity index (χ1v) is 11.9. The van der Waals surface area contributed by atoms with Gasteiger partial charge in [0.1, 0.15) is 0 Å². The maximum absolute atomic E-state index is 14.2. The molecule has 0 nitrogen and oxygen atoms in total. The van der Waals surface area contributed by atoms with Gasteiger partial charge in [0.15, 0.2) is 23.3 Å². The minimum absolute atomic E-state index is 0.930. The number of hydrogen-bond acceptors (Lipinski definition) is 0. The van der Waals surface area contributed by atoms with Gasteiger partial charge in [-0.15, -0.1) is 0 Å². The van der Waals surface area contributed by atoms with E-state index in [-0.39, 0.29) is 0 Å². The molecular formula is C27H18F5P. The van der Waals surface area contributed by atoms with Crippen LogP contribution in [0.2, 0.25) is 0 Å². The molecule has 0 atom stereocenters. The van der Waals surface area contributed by atoms with Crippen molar-refractivity contribution >= 4 is 34.7 Å². The van der Waals surface area contributed by atoms with Crippen LogP contribution in [0.4, 0.5) is 22.0 Å². The van der Waals surface area contributed by atoms with Crippen molar-refractivity contribution in [2.75, 3.05) is 0 Å². The highest BCUT2D eigenvalue weighted by Gasteiger charge is 2.26. The maximum Gasteiger partial charge on any atom is 0.200 e. The van der Waals surface area contributed by atoms with E-state index in [1.165, 1.54) is 6.08 Å².